The fourth-order valence-electron chi connectivity index (χ4n) is 3.48. The first-order chi connectivity index (χ1) is 8.92. The van der Waals surface area contributed by atoms with Crippen molar-refractivity contribution in [3.05, 3.63) is 0 Å². The number of rotatable bonds is 7. The average molecular weight is 270 g/mol. The first-order valence-electron chi connectivity index (χ1n) is 7.55. The van der Waals surface area contributed by atoms with Crippen LogP contribution in [0.25, 0.3) is 0 Å². The molecule has 1 aliphatic rings. The van der Waals surface area contributed by atoms with Crippen molar-refractivity contribution in [3.63, 3.8) is 0 Å². The van der Waals surface area contributed by atoms with Crippen LogP contribution in [0.3, 0.4) is 0 Å². The van der Waals surface area contributed by atoms with Crippen LogP contribution >= 0.6 is 0 Å². The summed E-state index contributed by atoms with van der Waals surface area (Å²) >= 11 is 0. The van der Waals surface area contributed by atoms with Gasteiger partial charge < -0.3 is 15.4 Å². The standard InChI is InChI=1S/C15H30N2O2/c1-6-15(7-2)12(10-13(15)19-8-3)17(5)14(18)9-11(4)16/h11-13H,6-10,16H2,1-5H3. The highest BCUT2D eigenvalue weighted by molar-refractivity contribution is 5.77. The SMILES string of the molecule is CCOC1CC(N(C)C(=O)CC(C)N)C1(CC)CC. The van der Waals surface area contributed by atoms with Crippen LogP contribution in [0.1, 0.15) is 53.4 Å². The van der Waals surface area contributed by atoms with Gasteiger partial charge in [-0.15, -0.1) is 0 Å². The van der Waals surface area contributed by atoms with Gasteiger partial charge in [0.15, 0.2) is 0 Å². The van der Waals surface area contributed by atoms with Crippen molar-refractivity contribution < 1.29 is 9.53 Å². The van der Waals surface area contributed by atoms with E-state index in [1.54, 1.807) is 0 Å². The molecule has 0 radical (unpaired) electrons. The van der Waals surface area contributed by atoms with Gasteiger partial charge in [-0.25, -0.2) is 0 Å². The lowest BCUT2D eigenvalue weighted by Crippen LogP contribution is -2.64. The Morgan fingerprint density at radius 2 is 2.00 bits per heavy atom. The molecule has 0 spiro atoms. The molecule has 0 aromatic rings. The number of hydrogen-bond donors (Lipinski definition) is 1. The minimum Gasteiger partial charge on any atom is -0.378 e. The normalized spacial score (nSPS) is 26.6. The van der Waals surface area contributed by atoms with E-state index >= 15 is 0 Å². The van der Waals surface area contributed by atoms with Crippen molar-refractivity contribution in [3.8, 4) is 0 Å². The Morgan fingerprint density at radius 3 is 2.42 bits per heavy atom. The molecule has 1 rings (SSSR count). The second-order valence-electron chi connectivity index (χ2n) is 5.82. The number of ether oxygens (including phenoxy) is 1. The van der Waals surface area contributed by atoms with E-state index in [1.165, 1.54) is 0 Å². The summed E-state index contributed by atoms with van der Waals surface area (Å²) in [4.78, 5) is 14.1. The van der Waals surface area contributed by atoms with Gasteiger partial charge in [0.25, 0.3) is 0 Å². The van der Waals surface area contributed by atoms with Gasteiger partial charge in [0, 0.05) is 37.6 Å². The van der Waals surface area contributed by atoms with Crippen LogP contribution in [0.15, 0.2) is 0 Å². The van der Waals surface area contributed by atoms with Crippen LogP contribution < -0.4 is 5.73 Å². The second kappa shape index (κ2) is 6.71. The fraction of sp³-hybridized carbons (Fsp3) is 0.933. The van der Waals surface area contributed by atoms with E-state index < -0.39 is 0 Å². The van der Waals surface area contributed by atoms with Gasteiger partial charge in [-0.3, -0.25) is 4.79 Å². The summed E-state index contributed by atoms with van der Waals surface area (Å²) in [7, 11) is 1.91. The molecule has 0 aromatic heterocycles. The van der Waals surface area contributed by atoms with Gasteiger partial charge in [0.1, 0.15) is 0 Å². The zero-order valence-electron chi connectivity index (χ0n) is 13.1. The molecule has 0 bridgehead atoms. The van der Waals surface area contributed by atoms with E-state index in [-0.39, 0.29) is 17.4 Å². The number of nitrogens with zero attached hydrogens (tertiary/aromatic N) is 1. The highest BCUT2D eigenvalue weighted by atomic mass is 16.5. The van der Waals surface area contributed by atoms with E-state index in [9.17, 15) is 4.79 Å². The van der Waals surface area contributed by atoms with Crippen molar-refractivity contribution in [1.29, 1.82) is 0 Å². The van der Waals surface area contributed by atoms with Crippen LogP contribution in [0, 0.1) is 5.41 Å². The van der Waals surface area contributed by atoms with E-state index in [0.29, 0.717) is 18.6 Å². The Balaban J connectivity index is 2.75. The number of hydrogen-bond acceptors (Lipinski definition) is 3. The molecule has 4 nitrogen and oxygen atoms in total. The second-order valence-corrected chi connectivity index (χ2v) is 5.82. The molecule has 1 saturated carbocycles. The molecule has 4 heteroatoms. The molecule has 3 unspecified atom stereocenters. The summed E-state index contributed by atoms with van der Waals surface area (Å²) in [6.07, 6.45) is 3.78. The van der Waals surface area contributed by atoms with Gasteiger partial charge in [0.2, 0.25) is 5.91 Å². The molecule has 2 N–H and O–H groups in total. The van der Waals surface area contributed by atoms with Crippen LogP contribution in [-0.4, -0.2) is 42.6 Å². The zero-order chi connectivity index (χ0) is 14.6. The number of carbonyl (C=O) groups excluding carboxylic acids is 1. The van der Waals surface area contributed by atoms with Crippen molar-refractivity contribution in [1.82, 2.24) is 4.90 Å². The molecule has 1 amide bonds. The Labute approximate surface area is 117 Å². The minimum atomic E-state index is -0.0737. The van der Waals surface area contributed by atoms with Crippen molar-refractivity contribution in [2.45, 2.75) is 71.6 Å². The van der Waals surface area contributed by atoms with Crippen LogP contribution in [0.4, 0.5) is 0 Å². The maximum atomic E-state index is 12.2. The number of carbonyl (C=O) groups is 1. The van der Waals surface area contributed by atoms with Gasteiger partial charge in [-0.2, -0.15) is 0 Å². The lowest BCUT2D eigenvalue weighted by Gasteiger charge is -2.58. The monoisotopic (exact) mass is 270 g/mol. The van der Waals surface area contributed by atoms with Crippen LogP contribution in [0.5, 0.6) is 0 Å². The number of nitrogens with two attached hydrogens (primary N) is 1. The Kier molecular flexibility index (Phi) is 5.81. The summed E-state index contributed by atoms with van der Waals surface area (Å²) in [5, 5.41) is 0. The average Bonchev–Trinajstić information content (AvgIpc) is 2.34. The smallest absolute Gasteiger partial charge is 0.224 e. The van der Waals surface area contributed by atoms with Gasteiger partial charge in [-0.05, 0) is 33.1 Å². The summed E-state index contributed by atoms with van der Waals surface area (Å²) in [6.45, 7) is 9.06. The Morgan fingerprint density at radius 1 is 1.42 bits per heavy atom. The molecular weight excluding hydrogens is 240 g/mol. The lowest BCUT2D eigenvalue weighted by molar-refractivity contribution is -0.177. The molecule has 112 valence electrons. The van der Waals surface area contributed by atoms with Crippen molar-refractivity contribution in [2.75, 3.05) is 13.7 Å². The Hall–Kier alpha value is -0.610. The molecule has 0 aliphatic heterocycles. The highest BCUT2D eigenvalue weighted by Gasteiger charge is 2.55. The first kappa shape index (κ1) is 16.4. The summed E-state index contributed by atoms with van der Waals surface area (Å²) < 4.78 is 5.85. The first-order valence-corrected chi connectivity index (χ1v) is 7.55. The third-order valence-electron chi connectivity index (χ3n) is 4.78. The largest absolute Gasteiger partial charge is 0.378 e. The molecule has 3 atom stereocenters. The van der Waals surface area contributed by atoms with Crippen molar-refractivity contribution >= 4 is 5.91 Å². The fourth-order valence-corrected chi connectivity index (χ4v) is 3.48. The Bertz CT molecular complexity index is 301. The quantitative estimate of drug-likeness (QED) is 0.771. The molecule has 19 heavy (non-hydrogen) atoms. The molecule has 1 fully saturated rings. The van der Waals surface area contributed by atoms with Gasteiger partial charge >= 0.3 is 0 Å². The molecular formula is C15H30N2O2. The molecule has 0 saturated heterocycles. The molecule has 0 aromatic carbocycles. The van der Waals surface area contributed by atoms with E-state index in [4.69, 9.17) is 10.5 Å². The maximum Gasteiger partial charge on any atom is 0.224 e. The third-order valence-corrected chi connectivity index (χ3v) is 4.78. The summed E-state index contributed by atoms with van der Waals surface area (Å²) in [6, 6.07) is 0.223. The molecule has 0 heterocycles. The highest BCUT2D eigenvalue weighted by Crippen LogP contribution is 2.51. The van der Waals surface area contributed by atoms with Gasteiger partial charge in [0.05, 0.1) is 6.10 Å². The van der Waals surface area contributed by atoms with Crippen LogP contribution in [0.2, 0.25) is 0 Å². The predicted octanol–water partition coefficient (Wildman–Crippen LogP) is 2.17. The summed E-state index contributed by atoms with van der Waals surface area (Å²) in [5.74, 6) is 0.154. The van der Waals surface area contributed by atoms with Gasteiger partial charge in [-0.1, -0.05) is 13.8 Å². The topological polar surface area (TPSA) is 55.6 Å². The third kappa shape index (κ3) is 3.11. The summed E-state index contributed by atoms with van der Waals surface area (Å²) in [5.41, 5.74) is 5.85. The predicted molar refractivity (Wildman–Crippen MR) is 77.9 cm³/mol. The maximum absolute atomic E-state index is 12.2. The molecule has 1 aliphatic carbocycles. The zero-order valence-corrected chi connectivity index (χ0v) is 13.1. The van der Waals surface area contributed by atoms with E-state index in [1.807, 2.05) is 25.8 Å². The lowest BCUT2D eigenvalue weighted by atomic mass is 9.58. The van der Waals surface area contributed by atoms with E-state index in [0.717, 1.165) is 25.9 Å². The van der Waals surface area contributed by atoms with E-state index in [2.05, 4.69) is 13.8 Å². The van der Waals surface area contributed by atoms with Crippen molar-refractivity contribution in [2.24, 2.45) is 11.1 Å². The number of amides is 1. The van der Waals surface area contributed by atoms with Crippen LogP contribution in [-0.2, 0) is 9.53 Å². The minimum absolute atomic E-state index is 0.0737.